The molecule has 0 radical (unpaired) electrons. The summed E-state index contributed by atoms with van der Waals surface area (Å²) >= 11 is 1.10. The zero-order valence-electron chi connectivity index (χ0n) is 16.9. The van der Waals surface area contributed by atoms with Gasteiger partial charge >= 0.3 is 6.18 Å². The number of allylic oxidation sites excluding steroid dienone is 2. The summed E-state index contributed by atoms with van der Waals surface area (Å²) in [5.74, 6) is -0.249. The first-order valence-electron chi connectivity index (χ1n) is 9.85. The van der Waals surface area contributed by atoms with Crippen molar-refractivity contribution in [3.63, 3.8) is 0 Å². The Morgan fingerprint density at radius 1 is 1.27 bits per heavy atom. The number of nitrogens with one attached hydrogen (secondary N) is 1. The van der Waals surface area contributed by atoms with Crippen molar-refractivity contribution in [1.29, 1.82) is 0 Å². The fraction of sp³-hybridized carbons (Fsp3) is 0.455. The number of hydrogen-bond acceptors (Lipinski definition) is 5. The number of carbonyl (C=O) groups is 2. The van der Waals surface area contributed by atoms with Gasteiger partial charge in [-0.1, -0.05) is 31.6 Å². The standard InChI is InChI=1S/C22H26F3NO3S/c1-3-7-17(26-29-11-4-2)21-18(27)13-15(14-19(21)28)10-12-30-20-9-6-5-8-16(20)22(23,24)25/h4-6,8-9,15,26H,2-3,7,10-14H2,1H3. The SMILES string of the molecule is C=CCONC(CCC)=C1C(=O)CC(CCSc2ccccc2C(F)(F)F)CC1=O. The summed E-state index contributed by atoms with van der Waals surface area (Å²) in [4.78, 5) is 30.6. The summed E-state index contributed by atoms with van der Waals surface area (Å²) < 4.78 is 39.3. The van der Waals surface area contributed by atoms with Crippen LogP contribution in [0.3, 0.4) is 0 Å². The average Bonchev–Trinajstić information content (AvgIpc) is 2.67. The Labute approximate surface area is 178 Å². The van der Waals surface area contributed by atoms with E-state index < -0.39 is 11.7 Å². The normalized spacial score (nSPS) is 17.2. The van der Waals surface area contributed by atoms with Crippen LogP contribution in [0, 0.1) is 5.92 Å². The summed E-state index contributed by atoms with van der Waals surface area (Å²) in [7, 11) is 0. The number of hydrogen-bond donors (Lipinski definition) is 1. The van der Waals surface area contributed by atoms with Crippen molar-refractivity contribution in [1.82, 2.24) is 5.48 Å². The summed E-state index contributed by atoms with van der Waals surface area (Å²) in [5.41, 5.74) is 2.69. The first kappa shape index (κ1) is 24.2. The van der Waals surface area contributed by atoms with E-state index in [0.717, 1.165) is 24.2 Å². The van der Waals surface area contributed by atoms with Gasteiger partial charge < -0.3 is 0 Å². The number of carbonyl (C=O) groups excluding carboxylic acids is 2. The number of rotatable bonds is 10. The molecule has 1 saturated carbocycles. The number of Topliss-reactive ketones (excluding diaryl/α,β-unsaturated/α-hetero) is 2. The lowest BCUT2D eigenvalue weighted by Crippen LogP contribution is -2.30. The number of benzene rings is 1. The average molecular weight is 442 g/mol. The fourth-order valence-electron chi connectivity index (χ4n) is 3.32. The summed E-state index contributed by atoms with van der Waals surface area (Å²) in [5, 5.41) is 0. The molecule has 1 aliphatic rings. The van der Waals surface area contributed by atoms with Crippen molar-refractivity contribution < 1.29 is 27.6 Å². The van der Waals surface area contributed by atoms with Gasteiger partial charge in [-0.3, -0.25) is 19.9 Å². The van der Waals surface area contributed by atoms with Crippen LogP contribution < -0.4 is 5.48 Å². The van der Waals surface area contributed by atoms with Gasteiger partial charge in [0.2, 0.25) is 0 Å². The summed E-state index contributed by atoms with van der Waals surface area (Å²) in [6, 6.07) is 5.43. The van der Waals surface area contributed by atoms with E-state index in [2.05, 4.69) is 12.1 Å². The molecule has 0 spiro atoms. The zero-order chi connectivity index (χ0) is 22.1. The largest absolute Gasteiger partial charge is 0.417 e. The number of ketones is 2. The Morgan fingerprint density at radius 3 is 2.53 bits per heavy atom. The first-order valence-corrected chi connectivity index (χ1v) is 10.8. The van der Waals surface area contributed by atoms with Gasteiger partial charge in [-0.2, -0.15) is 13.2 Å². The van der Waals surface area contributed by atoms with Gasteiger partial charge in [-0.05, 0) is 36.6 Å². The van der Waals surface area contributed by atoms with Crippen LogP contribution in [0.4, 0.5) is 13.2 Å². The maximum absolute atomic E-state index is 13.1. The third-order valence-electron chi connectivity index (χ3n) is 4.68. The van der Waals surface area contributed by atoms with Gasteiger partial charge in [0, 0.05) is 17.7 Å². The highest BCUT2D eigenvalue weighted by molar-refractivity contribution is 7.99. The Hall–Kier alpha value is -2.06. The molecule has 2 rings (SSSR count). The Bertz CT molecular complexity index is 785. The molecule has 30 heavy (non-hydrogen) atoms. The van der Waals surface area contributed by atoms with Gasteiger partial charge in [0.1, 0.15) is 0 Å². The zero-order valence-corrected chi connectivity index (χ0v) is 17.7. The highest BCUT2D eigenvalue weighted by atomic mass is 32.2. The van der Waals surface area contributed by atoms with Crippen LogP contribution in [-0.2, 0) is 20.6 Å². The van der Waals surface area contributed by atoms with Crippen molar-refractivity contribution in [3.8, 4) is 0 Å². The first-order chi connectivity index (χ1) is 14.3. The molecular formula is C22H26F3NO3S. The number of alkyl halides is 3. The third kappa shape index (κ3) is 6.74. The molecule has 0 aliphatic heterocycles. The van der Waals surface area contributed by atoms with Crippen LogP contribution in [0.1, 0.15) is 44.6 Å². The van der Waals surface area contributed by atoms with Gasteiger partial charge in [0.25, 0.3) is 0 Å². The van der Waals surface area contributed by atoms with Gasteiger partial charge in [0.15, 0.2) is 11.6 Å². The molecule has 1 aliphatic carbocycles. The quantitative estimate of drug-likeness (QED) is 0.130. The third-order valence-corrected chi connectivity index (χ3v) is 5.79. The Kier molecular flexibility index (Phi) is 9.17. The minimum absolute atomic E-state index is 0.159. The molecule has 1 aromatic carbocycles. The van der Waals surface area contributed by atoms with Crippen molar-refractivity contribution in [2.24, 2.45) is 5.92 Å². The van der Waals surface area contributed by atoms with Gasteiger partial charge in [-0.25, -0.2) is 0 Å². The van der Waals surface area contributed by atoms with E-state index in [1.807, 2.05) is 6.92 Å². The van der Waals surface area contributed by atoms with Crippen LogP contribution >= 0.6 is 11.8 Å². The highest BCUT2D eigenvalue weighted by Crippen LogP contribution is 2.37. The van der Waals surface area contributed by atoms with Crippen LogP contribution in [0.15, 0.2) is 53.1 Å². The number of hydroxylamine groups is 1. The molecule has 0 amide bonds. The van der Waals surface area contributed by atoms with Crippen LogP contribution in [0.5, 0.6) is 0 Å². The topological polar surface area (TPSA) is 55.4 Å². The van der Waals surface area contributed by atoms with Gasteiger partial charge in [-0.15, -0.1) is 18.3 Å². The van der Waals surface area contributed by atoms with E-state index >= 15 is 0 Å². The molecule has 0 atom stereocenters. The smallest absolute Gasteiger partial charge is 0.294 e. The minimum Gasteiger partial charge on any atom is -0.294 e. The van der Waals surface area contributed by atoms with E-state index in [4.69, 9.17) is 4.84 Å². The molecule has 1 N–H and O–H groups in total. The molecular weight excluding hydrogens is 415 g/mol. The monoisotopic (exact) mass is 441 g/mol. The van der Waals surface area contributed by atoms with E-state index in [9.17, 15) is 22.8 Å². The summed E-state index contributed by atoms with van der Waals surface area (Å²) in [6.07, 6.45) is -0.697. The van der Waals surface area contributed by atoms with Crippen molar-refractivity contribution >= 4 is 23.3 Å². The molecule has 0 aromatic heterocycles. The molecule has 0 bridgehead atoms. The lowest BCUT2D eigenvalue weighted by atomic mass is 9.81. The second-order valence-corrected chi connectivity index (χ2v) is 8.19. The lowest BCUT2D eigenvalue weighted by molar-refractivity contribution is -0.139. The lowest BCUT2D eigenvalue weighted by Gasteiger charge is -2.24. The molecule has 0 heterocycles. The van der Waals surface area contributed by atoms with Crippen LogP contribution in [-0.4, -0.2) is 23.9 Å². The molecule has 0 saturated heterocycles. The van der Waals surface area contributed by atoms with Crippen molar-refractivity contribution in [2.45, 2.75) is 50.1 Å². The molecule has 8 heteroatoms. The van der Waals surface area contributed by atoms with E-state index in [1.54, 1.807) is 12.1 Å². The second-order valence-electron chi connectivity index (χ2n) is 7.06. The molecule has 0 unspecified atom stereocenters. The highest BCUT2D eigenvalue weighted by Gasteiger charge is 2.34. The fourth-order valence-corrected chi connectivity index (χ4v) is 4.51. The number of thioether (sulfide) groups is 1. The Morgan fingerprint density at radius 2 is 1.93 bits per heavy atom. The predicted octanol–water partition coefficient (Wildman–Crippen LogP) is 5.50. The van der Waals surface area contributed by atoms with Crippen LogP contribution in [0.2, 0.25) is 0 Å². The van der Waals surface area contributed by atoms with Crippen LogP contribution in [0.25, 0.3) is 0 Å². The molecule has 1 fully saturated rings. The van der Waals surface area contributed by atoms with Crippen molar-refractivity contribution in [3.05, 3.63) is 53.8 Å². The van der Waals surface area contributed by atoms with Crippen molar-refractivity contribution in [2.75, 3.05) is 12.4 Å². The maximum atomic E-state index is 13.1. The molecule has 1 aromatic rings. The maximum Gasteiger partial charge on any atom is 0.417 e. The summed E-state index contributed by atoms with van der Waals surface area (Å²) in [6.45, 7) is 5.72. The van der Waals surface area contributed by atoms with E-state index in [0.29, 0.717) is 24.3 Å². The Balaban J connectivity index is 1.99. The van der Waals surface area contributed by atoms with Gasteiger partial charge in [0.05, 0.1) is 23.4 Å². The minimum atomic E-state index is -4.41. The second kappa shape index (κ2) is 11.4. The van der Waals surface area contributed by atoms with E-state index in [-0.39, 0.29) is 47.4 Å². The molecule has 4 nitrogen and oxygen atoms in total. The van der Waals surface area contributed by atoms with E-state index in [1.165, 1.54) is 12.1 Å². The predicted molar refractivity (Wildman–Crippen MR) is 111 cm³/mol. The molecule has 164 valence electrons. The number of halogens is 3.